The average molecular weight is 616 g/mol. The summed E-state index contributed by atoms with van der Waals surface area (Å²) in [4.78, 5) is 14.9. The van der Waals surface area contributed by atoms with Gasteiger partial charge in [0.1, 0.15) is 22.3 Å². The van der Waals surface area contributed by atoms with E-state index in [0.29, 0.717) is 17.5 Å². The van der Waals surface area contributed by atoms with Crippen molar-refractivity contribution in [2.75, 3.05) is 0 Å². The minimum Gasteiger partial charge on any atom is -0.456 e. The van der Waals surface area contributed by atoms with Crippen LogP contribution in [0.3, 0.4) is 0 Å². The lowest BCUT2D eigenvalue weighted by molar-refractivity contribution is 0.669. The number of para-hydroxylation sites is 1. The second kappa shape index (κ2) is 10.5. The van der Waals surface area contributed by atoms with E-state index in [1.165, 1.54) is 0 Å². The van der Waals surface area contributed by atoms with Crippen LogP contribution in [0.15, 0.2) is 160 Å². The highest BCUT2D eigenvalue weighted by molar-refractivity contribution is 6.15. The fraction of sp³-hybridized carbons (Fsp3) is 0. The summed E-state index contributed by atoms with van der Waals surface area (Å²) in [6.07, 6.45) is 0. The Hall–Kier alpha value is -6.59. The van der Waals surface area contributed by atoms with E-state index in [1.807, 2.05) is 91.0 Å². The van der Waals surface area contributed by atoms with Crippen molar-refractivity contribution in [2.24, 2.45) is 0 Å². The van der Waals surface area contributed by atoms with Gasteiger partial charge in [0.25, 0.3) is 0 Å². The Morgan fingerprint density at radius 3 is 1.73 bits per heavy atom. The Morgan fingerprint density at radius 2 is 0.938 bits per heavy atom. The van der Waals surface area contributed by atoms with E-state index in [4.69, 9.17) is 23.8 Å². The summed E-state index contributed by atoms with van der Waals surface area (Å²) in [5.74, 6) is 1.85. The number of fused-ring (bicyclic) bond motifs is 7. The molecule has 10 aromatic rings. The molecule has 224 valence electrons. The van der Waals surface area contributed by atoms with Gasteiger partial charge in [0.2, 0.25) is 0 Å². The lowest BCUT2D eigenvalue weighted by atomic mass is 9.98. The van der Waals surface area contributed by atoms with Gasteiger partial charge in [-0.1, -0.05) is 109 Å². The third kappa shape index (κ3) is 4.29. The first-order valence-electron chi connectivity index (χ1n) is 15.9. The van der Waals surface area contributed by atoms with Gasteiger partial charge in [-0.15, -0.1) is 0 Å². The first kappa shape index (κ1) is 26.6. The second-order valence-electron chi connectivity index (χ2n) is 12.0. The molecule has 3 heterocycles. The largest absolute Gasteiger partial charge is 0.456 e. The van der Waals surface area contributed by atoms with E-state index in [-0.39, 0.29) is 0 Å². The Morgan fingerprint density at radius 1 is 0.333 bits per heavy atom. The van der Waals surface area contributed by atoms with Crippen LogP contribution in [0, 0.1) is 0 Å². The minimum absolute atomic E-state index is 0.601. The minimum atomic E-state index is 0.601. The number of nitrogens with zero attached hydrogens (tertiary/aromatic N) is 3. The lowest BCUT2D eigenvalue weighted by Gasteiger charge is -2.09. The Balaban J connectivity index is 1.15. The first-order valence-corrected chi connectivity index (χ1v) is 15.9. The standard InChI is InChI=1S/C43H25N3O2/c1-3-10-26(11-4-1)41-44-42(27-12-5-2-6-13-27)46-43(45-41)34-15-9-17-37-40(34)35-23-31-22-28(18-19-30(31)25-39(35)48-37)29-20-21-33-32-14-7-8-16-36(32)47-38(33)24-29/h1-25H. The van der Waals surface area contributed by atoms with Crippen LogP contribution in [0.2, 0.25) is 0 Å². The van der Waals surface area contributed by atoms with Crippen LogP contribution in [0.4, 0.5) is 0 Å². The molecule has 0 fully saturated rings. The van der Waals surface area contributed by atoms with Crippen molar-refractivity contribution in [3.8, 4) is 45.3 Å². The van der Waals surface area contributed by atoms with Crippen molar-refractivity contribution in [1.82, 2.24) is 15.0 Å². The van der Waals surface area contributed by atoms with Crippen molar-refractivity contribution in [1.29, 1.82) is 0 Å². The van der Waals surface area contributed by atoms with Crippen LogP contribution in [0.25, 0.3) is 99.9 Å². The molecular weight excluding hydrogens is 590 g/mol. The number of furan rings is 2. The molecule has 7 aromatic carbocycles. The maximum absolute atomic E-state index is 6.46. The molecule has 3 aromatic heterocycles. The van der Waals surface area contributed by atoms with Crippen molar-refractivity contribution < 1.29 is 8.83 Å². The van der Waals surface area contributed by atoms with E-state index in [9.17, 15) is 0 Å². The third-order valence-electron chi connectivity index (χ3n) is 9.11. The monoisotopic (exact) mass is 615 g/mol. The summed E-state index contributed by atoms with van der Waals surface area (Å²) in [6, 6.07) is 51.7. The van der Waals surface area contributed by atoms with E-state index in [0.717, 1.165) is 82.5 Å². The van der Waals surface area contributed by atoms with E-state index < -0.39 is 0 Å². The molecule has 0 spiro atoms. The van der Waals surface area contributed by atoms with Crippen LogP contribution < -0.4 is 0 Å². The molecule has 0 N–H and O–H groups in total. The summed E-state index contributed by atoms with van der Waals surface area (Å²) < 4.78 is 12.7. The molecule has 0 radical (unpaired) electrons. The number of hydrogen-bond acceptors (Lipinski definition) is 5. The van der Waals surface area contributed by atoms with Gasteiger partial charge < -0.3 is 8.83 Å². The van der Waals surface area contributed by atoms with E-state index >= 15 is 0 Å². The Kier molecular flexibility index (Phi) is 5.81. The average Bonchev–Trinajstić information content (AvgIpc) is 3.71. The van der Waals surface area contributed by atoms with Gasteiger partial charge >= 0.3 is 0 Å². The molecule has 0 aliphatic carbocycles. The SMILES string of the molecule is c1ccc(-c2nc(-c3ccccc3)nc(-c3cccc4oc5cc6ccc(-c7ccc8c(c7)oc7ccccc78)cc6cc5c34)n2)cc1. The lowest BCUT2D eigenvalue weighted by Crippen LogP contribution is -2.00. The van der Waals surface area contributed by atoms with Gasteiger partial charge in [-0.25, -0.2) is 15.0 Å². The fourth-order valence-corrected chi connectivity index (χ4v) is 6.77. The van der Waals surface area contributed by atoms with E-state index in [1.54, 1.807) is 0 Å². The van der Waals surface area contributed by atoms with Crippen LogP contribution in [0.1, 0.15) is 0 Å². The first-order chi connectivity index (χ1) is 23.7. The van der Waals surface area contributed by atoms with Gasteiger partial charge in [0, 0.05) is 38.2 Å². The summed E-state index contributed by atoms with van der Waals surface area (Å²) in [6.45, 7) is 0. The van der Waals surface area contributed by atoms with Crippen LogP contribution in [-0.4, -0.2) is 15.0 Å². The molecule has 5 nitrogen and oxygen atoms in total. The topological polar surface area (TPSA) is 65.0 Å². The zero-order valence-electron chi connectivity index (χ0n) is 25.6. The predicted molar refractivity (Wildman–Crippen MR) is 194 cm³/mol. The number of hydrogen-bond donors (Lipinski definition) is 0. The van der Waals surface area contributed by atoms with Gasteiger partial charge in [0.05, 0.1) is 0 Å². The smallest absolute Gasteiger partial charge is 0.164 e. The highest BCUT2D eigenvalue weighted by Crippen LogP contribution is 2.39. The summed E-state index contributed by atoms with van der Waals surface area (Å²) in [7, 11) is 0. The molecule has 0 atom stereocenters. The van der Waals surface area contributed by atoms with Gasteiger partial charge in [-0.3, -0.25) is 0 Å². The molecule has 0 aliphatic rings. The summed E-state index contributed by atoms with van der Waals surface area (Å²) >= 11 is 0. The number of benzene rings is 7. The van der Waals surface area contributed by atoms with Gasteiger partial charge in [0.15, 0.2) is 17.5 Å². The number of aromatic nitrogens is 3. The normalized spacial score (nSPS) is 11.8. The molecule has 0 aliphatic heterocycles. The van der Waals surface area contributed by atoms with Crippen LogP contribution >= 0.6 is 0 Å². The van der Waals surface area contributed by atoms with Crippen molar-refractivity contribution in [2.45, 2.75) is 0 Å². The maximum atomic E-state index is 6.46. The maximum Gasteiger partial charge on any atom is 0.164 e. The van der Waals surface area contributed by atoms with Crippen molar-refractivity contribution in [3.63, 3.8) is 0 Å². The Bertz CT molecular complexity index is 2780. The zero-order valence-corrected chi connectivity index (χ0v) is 25.6. The molecule has 0 bridgehead atoms. The zero-order chi connectivity index (χ0) is 31.6. The van der Waals surface area contributed by atoms with Crippen molar-refractivity contribution in [3.05, 3.63) is 152 Å². The molecule has 0 saturated carbocycles. The number of rotatable bonds is 4. The highest BCUT2D eigenvalue weighted by atomic mass is 16.3. The predicted octanol–water partition coefficient (Wildman–Crippen LogP) is 11.5. The van der Waals surface area contributed by atoms with Crippen LogP contribution in [-0.2, 0) is 0 Å². The molecule has 0 saturated heterocycles. The summed E-state index contributed by atoms with van der Waals surface area (Å²) in [5.41, 5.74) is 8.38. The molecule has 0 unspecified atom stereocenters. The van der Waals surface area contributed by atoms with Gasteiger partial charge in [-0.2, -0.15) is 0 Å². The molecule has 10 rings (SSSR count). The fourth-order valence-electron chi connectivity index (χ4n) is 6.77. The molecule has 0 amide bonds. The quantitative estimate of drug-likeness (QED) is 0.197. The summed E-state index contributed by atoms with van der Waals surface area (Å²) in [5, 5.41) is 6.47. The van der Waals surface area contributed by atoms with Gasteiger partial charge in [-0.05, 0) is 64.4 Å². The third-order valence-corrected chi connectivity index (χ3v) is 9.11. The highest BCUT2D eigenvalue weighted by Gasteiger charge is 2.18. The molecule has 5 heteroatoms. The molecule has 48 heavy (non-hydrogen) atoms. The molecular formula is C43H25N3O2. The Labute approximate surface area is 274 Å². The van der Waals surface area contributed by atoms with Crippen LogP contribution in [0.5, 0.6) is 0 Å². The van der Waals surface area contributed by atoms with Crippen molar-refractivity contribution >= 4 is 54.6 Å². The second-order valence-corrected chi connectivity index (χ2v) is 12.0. The van der Waals surface area contributed by atoms with E-state index in [2.05, 4.69) is 60.7 Å².